The highest BCUT2D eigenvalue weighted by Gasteiger charge is 2.83. The molecule has 37 heavy (non-hydrogen) atoms. The fourth-order valence-electron chi connectivity index (χ4n) is 12.3. The third-order valence-corrected chi connectivity index (χ3v) is 14.3. The molecule has 1 N–H and O–H groups in total. The lowest BCUT2D eigenvalue weighted by atomic mass is 9.30. The van der Waals surface area contributed by atoms with E-state index in [9.17, 15) is 14.7 Å². The first-order chi connectivity index (χ1) is 17.0. The van der Waals surface area contributed by atoms with Gasteiger partial charge in [0.15, 0.2) is 0 Å². The number of carbonyl (C=O) groups is 2. The van der Waals surface area contributed by atoms with Gasteiger partial charge in [0.1, 0.15) is 17.1 Å². The van der Waals surface area contributed by atoms with E-state index in [1.54, 1.807) is 0 Å². The number of aliphatic hydroxyl groups is 1. The van der Waals surface area contributed by atoms with E-state index in [0.29, 0.717) is 18.3 Å². The number of hydrogen-bond acceptors (Lipinski definition) is 5. The quantitative estimate of drug-likeness (QED) is 0.407. The Morgan fingerprint density at radius 2 is 1.54 bits per heavy atom. The molecule has 6 fully saturated rings. The van der Waals surface area contributed by atoms with Crippen molar-refractivity contribution in [1.29, 1.82) is 0 Å². The zero-order valence-electron chi connectivity index (χ0n) is 24.5. The summed E-state index contributed by atoms with van der Waals surface area (Å²) >= 11 is 0. The number of hydrogen-bond donors (Lipinski definition) is 1. The van der Waals surface area contributed by atoms with Crippen LogP contribution in [-0.2, 0) is 19.1 Å². The summed E-state index contributed by atoms with van der Waals surface area (Å²) in [5.41, 5.74) is -1.26. The predicted octanol–water partition coefficient (Wildman–Crippen LogP) is 6.45. The highest BCUT2D eigenvalue weighted by Crippen LogP contribution is 2.80. The third-order valence-electron chi connectivity index (χ3n) is 14.3. The summed E-state index contributed by atoms with van der Waals surface area (Å²) in [6, 6.07) is 0. The Morgan fingerprint density at radius 1 is 0.865 bits per heavy atom. The highest BCUT2D eigenvalue weighted by molar-refractivity contribution is 5.82. The summed E-state index contributed by atoms with van der Waals surface area (Å²) in [6.45, 7) is 18.2. The Morgan fingerprint density at radius 3 is 2.22 bits per heavy atom. The van der Waals surface area contributed by atoms with Crippen LogP contribution in [0.1, 0.15) is 120 Å². The standard InChI is InChI=1S/C32H50O5/c1-19(33)36-24-11-12-28(6)20(27(24,4)5)9-13-29(7)21(28)10-14-32-22-17-26(2,3)15-16-31(22,25(35)37-32)23(34)18-30(29,32)8/h20-24,34H,9-18H2,1-8H3. The van der Waals surface area contributed by atoms with Crippen LogP contribution in [0.3, 0.4) is 0 Å². The summed E-state index contributed by atoms with van der Waals surface area (Å²) in [6.07, 6.45) is 8.82. The molecule has 1 aliphatic heterocycles. The second-order valence-corrected chi connectivity index (χ2v) is 16.4. The molecule has 5 saturated carbocycles. The van der Waals surface area contributed by atoms with Crippen molar-refractivity contribution in [3.05, 3.63) is 0 Å². The first-order valence-electron chi connectivity index (χ1n) is 15.1. The van der Waals surface area contributed by atoms with Gasteiger partial charge in [-0.25, -0.2) is 0 Å². The smallest absolute Gasteiger partial charge is 0.315 e. The van der Waals surface area contributed by atoms with Gasteiger partial charge in [0.25, 0.3) is 0 Å². The van der Waals surface area contributed by atoms with Crippen molar-refractivity contribution in [2.75, 3.05) is 0 Å². The number of ether oxygens (including phenoxy) is 2. The maximum atomic E-state index is 13.8. The predicted molar refractivity (Wildman–Crippen MR) is 141 cm³/mol. The molecule has 6 aliphatic rings. The van der Waals surface area contributed by atoms with Crippen molar-refractivity contribution < 1.29 is 24.2 Å². The lowest BCUT2D eigenvalue weighted by Crippen LogP contribution is -2.73. The van der Waals surface area contributed by atoms with Crippen LogP contribution in [0.2, 0.25) is 0 Å². The highest BCUT2D eigenvalue weighted by atomic mass is 16.6. The minimum Gasteiger partial charge on any atom is -0.462 e. The first kappa shape index (κ1) is 26.1. The fourth-order valence-corrected chi connectivity index (χ4v) is 12.3. The molecule has 10 unspecified atom stereocenters. The lowest BCUT2D eigenvalue weighted by Gasteiger charge is -2.74. The van der Waals surface area contributed by atoms with Crippen molar-refractivity contribution in [2.24, 2.45) is 50.2 Å². The van der Waals surface area contributed by atoms with Crippen LogP contribution in [0, 0.1) is 50.2 Å². The molecule has 5 heteroatoms. The Hall–Kier alpha value is -1.10. The number of carbonyl (C=O) groups excluding carboxylic acids is 2. The molecule has 5 aliphatic carbocycles. The molecular weight excluding hydrogens is 464 g/mol. The second-order valence-electron chi connectivity index (χ2n) is 16.4. The average molecular weight is 515 g/mol. The average Bonchev–Trinajstić information content (AvgIpc) is 2.98. The molecule has 0 radical (unpaired) electrons. The van der Waals surface area contributed by atoms with Gasteiger partial charge in [-0.05, 0) is 92.3 Å². The van der Waals surface area contributed by atoms with Gasteiger partial charge in [-0.3, -0.25) is 9.59 Å². The summed E-state index contributed by atoms with van der Waals surface area (Å²) in [4.78, 5) is 25.7. The van der Waals surface area contributed by atoms with Gasteiger partial charge in [0.2, 0.25) is 0 Å². The Kier molecular flexibility index (Phi) is 5.19. The van der Waals surface area contributed by atoms with Gasteiger partial charge in [-0.1, -0.05) is 48.5 Å². The fraction of sp³-hybridized carbons (Fsp3) is 0.938. The van der Waals surface area contributed by atoms with Gasteiger partial charge < -0.3 is 14.6 Å². The molecule has 0 amide bonds. The van der Waals surface area contributed by atoms with E-state index < -0.39 is 17.1 Å². The van der Waals surface area contributed by atoms with Crippen LogP contribution in [0.15, 0.2) is 0 Å². The van der Waals surface area contributed by atoms with E-state index in [-0.39, 0.29) is 51.0 Å². The molecule has 6 rings (SSSR count). The van der Waals surface area contributed by atoms with E-state index in [4.69, 9.17) is 9.47 Å². The van der Waals surface area contributed by atoms with Gasteiger partial charge >= 0.3 is 11.9 Å². The number of fused-ring (bicyclic) bond motifs is 4. The van der Waals surface area contributed by atoms with Crippen LogP contribution in [0.5, 0.6) is 0 Å². The summed E-state index contributed by atoms with van der Waals surface area (Å²) in [7, 11) is 0. The molecule has 1 spiro atoms. The molecule has 0 aromatic carbocycles. The van der Waals surface area contributed by atoms with Gasteiger partial charge in [-0.2, -0.15) is 0 Å². The molecule has 1 heterocycles. The Bertz CT molecular complexity index is 1030. The SMILES string of the molecule is CC(=O)OC1CCC2(C)C(CCC3(C)C2CCC24OC(=O)C5(CCC(C)(C)CC52)C(O)CC34C)C1(C)C. The largest absolute Gasteiger partial charge is 0.462 e. The second kappa shape index (κ2) is 7.34. The molecule has 10 atom stereocenters. The van der Waals surface area contributed by atoms with E-state index in [2.05, 4.69) is 48.5 Å². The Balaban J connectivity index is 1.42. The molecule has 2 bridgehead atoms. The van der Waals surface area contributed by atoms with Crippen LogP contribution in [0.25, 0.3) is 0 Å². The molecule has 5 nitrogen and oxygen atoms in total. The summed E-state index contributed by atoms with van der Waals surface area (Å²) < 4.78 is 12.6. The van der Waals surface area contributed by atoms with Crippen molar-refractivity contribution in [3.8, 4) is 0 Å². The van der Waals surface area contributed by atoms with Gasteiger partial charge in [-0.15, -0.1) is 0 Å². The third kappa shape index (κ3) is 2.86. The molecule has 0 aromatic heterocycles. The number of esters is 2. The van der Waals surface area contributed by atoms with E-state index in [0.717, 1.165) is 57.8 Å². The van der Waals surface area contributed by atoms with Crippen molar-refractivity contribution in [2.45, 2.75) is 137 Å². The van der Waals surface area contributed by atoms with Crippen molar-refractivity contribution in [1.82, 2.24) is 0 Å². The number of rotatable bonds is 1. The maximum absolute atomic E-state index is 13.8. The molecule has 1 saturated heterocycles. The van der Waals surface area contributed by atoms with Gasteiger partial charge in [0.05, 0.1) is 6.10 Å². The lowest BCUT2D eigenvalue weighted by molar-refractivity contribution is -0.297. The molecular formula is C32H50O5. The van der Waals surface area contributed by atoms with Crippen molar-refractivity contribution >= 4 is 11.9 Å². The topological polar surface area (TPSA) is 72.8 Å². The van der Waals surface area contributed by atoms with Crippen LogP contribution >= 0.6 is 0 Å². The summed E-state index contributed by atoms with van der Waals surface area (Å²) in [5, 5.41) is 11.9. The monoisotopic (exact) mass is 514 g/mol. The molecule has 208 valence electrons. The van der Waals surface area contributed by atoms with E-state index in [1.807, 2.05) is 0 Å². The summed E-state index contributed by atoms with van der Waals surface area (Å²) in [5.74, 6) is 0.787. The normalized spacial score (nSPS) is 55.2. The van der Waals surface area contributed by atoms with E-state index >= 15 is 0 Å². The minimum absolute atomic E-state index is 0.0276. The minimum atomic E-state index is -0.705. The maximum Gasteiger partial charge on any atom is 0.315 e. The van der Waals surface area contributed by atoms with Crippen LogP contribution in [0.4, 0.5) is 0 Å². The molecule has 0 aromatic rings. The van der Waals surface area contributed by atoms with Crippen molar-refractivity contribution in [3.63, 3.8) is 0 Å². The zero-order chi connectivity index (χ0) is 27.0. The Labute approximate surface area is 223 Å². The number of aliphatic hydroxyl groups excluding tert-OH is 1. The van der Waals surface area contributed by atoms with Gasteiger partial charge in [0, 0.05) is 23.7 Å². The zero-order valence-corrected chi connectivity index (χ0v) is 24.5. The first-order valence-corrected chi connectivity index (χ1v) is 15.1. The van der Waals surface area contributed by atoms with Crippen LogP contribution < -0.4 is 0 Å². The van der Waals surface area contributed by atoms with Crippen LogP contribution in [-0.4, -0.2) is 34.9 Å². The van der Waals surface area contributed by atoms with E-state index in [1.165, 1.54) is 6.92 Å².